The van der Waals surface area contributed by atoms with E-state index in [-0.39, 0.29) is 6.04 Å². The van der Waals surface area contributed by atoms with Crippen molar-refractivity contribution in [1.82, 2.24) is 14.9 Å². The van der Waals surface area contributed by atoms with Crippen molar-refractivity contribution in [1.29, 1.82) is 0 Å². The molecule has 0 aliphatic heterocycles. The molecule has 96 valence electrons. The fourth-order valence-electron chi connectivity index (χ4n) is 1.82. The van der Waals surface area contributed by atoms with Crippen LogP contribution in [0.5, 0.6) is 5.75 Å². The second-order valence-corrected chi connectivity index (χ2v) is 4.75. The first-order valence-corrected chi connectivity index (χ1v) is 6.80. The van der Waals surface area contributed by atoms with E-state index >= 15 is 0 Å². The van der Waals surface area contributed by atoms with Crippen LogP contribution in [0, 0.1) is 0 Å². The number of benzene rings is 1. The maximum absolute atomic E-state index is 5.79. The number of rotatable bonds is 6. The molecular formula is C13H17N3OS. The van der Waals surface area contributed by atoms with Gasteiger partial charge in [-0.05, 0) is 31.1 Å². The molecule has 5 heteroatoms. The molecule has 1 N–H and O–H groups in total. The summed E-state index contributed by atoms with van der Waals surface area (Å²) >= 11 is 1.40. The molecule has 0 aliphatic carbocycles. The van der Waals surface area contributed by atoms with Crippen molar-refractivity contribution in [2.24, 2.45) is 0 Å². The lowest BCUT2D eigenvalue weighted by molar-refractivity contribution is 0.312. The summed E-state index contributed by atoms with van der Waals surface area (Å²) in [5.74, 6) is 0.923. The Hall–Kier alpha value is -1.46. The van der Waals surface area contributed by atoms with E-state index < -0.39 is 0 Å². The number of hydrogen-bond acceptors (Lipinski definition) is 5. The topological polar surface area (TPSA) is 47.0 Å². The molecule has 0 bridgehead atoms. The van der Waals surface area contributed by atoms with Crippen LogP contribution >= 0.6 is 11.5 Å². The SMILES string of the molecule is CCCOc1ccccc1C(NC)c1cnns1. The lowest BCUT2D eigenvalue weighted by atomic mass is 10.0. The monoisotopic (exact) mass is 263 g/mol. The van der Waals surface area contributed by atoms with Gasteiger partial charge in [-0.3, -0.25) is 0 Å². The minimum absolute atomic E-state index is 0.0815. The zero-order valence-electron chi connectivity index (χ0n) is 10.6. The summed E-state index contributed by atoms with van der Waals surface area (Å²) in [6, 6.07) is 8.17. The summed E-state index contributed by atoms with van der Waals surface area (Å²) in [7, 11) is 1.93. The van der Waals surface area contributed by atoms with Crippen molar-refractivity contribution in [3.05, 3.63) is 40.9 Å². The molecule has 0 amide bonds. The Bertz CT molecular complexity index is 473. The highest BCUT2D eigenvalue weighted by molar-refractivity contribution is 7.05. The Kier molecular flexibility index (Phi) is 4.66. The van der Waals surface area contributed by atoms with Crippen molar-refractivity contribution in [3.8, 4) is 5.75 Å². The van der Waals surface area contributed by atoms with Crippen LogP contribution in [0.15, 0.2) is 30.5 Å². The number of nitrogens with one attached hydrogen (secondary N) is 1. The minimum Gasteiger partial charge on any atom is -0.493 e. The Labute approximate surface area is 111 Å². The van der Waals surface area contributed by atoms with Gasteiger partial charge >= 0.3 is 0 Å². The number of para-hydroxylation sites is 1. The molecule has 0 radical (unpaired) electrons. The normalized spacial score (nSPS) is 12.3. The van der Waals surface area contributed by atoms with E-state index in [1.807, 2.05) is 25.2 Å². The summed E-state index contributed by atoms with van der Waals surface area (Å²) in [6.07, 6.45) is 2.79. The standard InChI is InChI=1S/C13H17N3OS/c1-3-8-17-11-7-5-4-6-10(11)13(14-2)12-9-15-16-18-12/h4-7,9,13-14H,3,8H2,1-2H3. The van der Waals surface area contributed by atoms with Gasteiger partial charge in [0.15, 0.2) is 0 Å². The van der Waals surface area contributed by atoms with Gasteiger partial charge in [-0.2, -0.15) is 0 Å². The lowest BCUT2D eigenvalue weighted by Gasteiger charge is -2.18. The van der Waals surface area contributed by atoms with Crippen molar-refractivity contribution in [3.63, 3.8) is 0 Å². The maximum atomic E-state index is 5.79. The quantitative estimate of drug-likeness (QED) is 0.870. The van der Waals surface area contributed by atoms with Crippen LogP contribution in [-0.4, -0.2) is 23.2 Å². The minimum atomic E-state index is 0.0815. The number of ether oxygens (including phenoxy) is 1. The van der Waals surface area contributed by atoms with Gasteiger partial charge in [0.05, 0.1) is 23.7 Å². The second-order valence-electron chi connectivity index (χ2n) is 3.93. The van der Waals surface area contributed by atoms with Gasteiger partial charge in [0.2, 0.25) is 0 Å². The molecule has 1 atom stereocenters. The smallest absolute Gasteiger partial charge is 0.124 e. The fraction of sp³-hybridized carbons (Fsp3) is 0.385. The molecule has 18 heavy (non-hydrogen) atoms. The molecule has 0 saturated carbocycles. The van der Waals surface area contributed by atoms with Gasteiger partial charge in [-0.15, -0.1) is 5.10 Å². The second kappa shape index (κ2) is 6.47. The van der Waals surface area contributed by atoms with Crippen LogP contribution in [0.3, 0.4) is 0 Å². The molecule has 4 nitrogen and oxygen atoms in total. The van der Waals surface area contributed by atoms with Crippen LogP contribution in [0.25, 0.3) is 0 Å². The van der Waals surface area contributed by atoms with Gasteiger partial charge in [-0.1, -0.05) is 29.6 Å². The van der Waals surface area contributed by atoms with Crippen molar-refractivity contribution >= 4 is 11.5 Å². The molecule has 1 aromatic heterocycles. The predicted octanol–water partition coefficient (Wildman–Crippen LogP) is 2.64. The summed E-state index contributed by atoms with van der Waals surface area (Å²) in [5.41, 5.74) is 1.12. The average Bonchev–Trinajstić information content (AvgIpc) is 2.92. The summed E-state index contributed by atoms with van der Waals surface area (Å²) in [4.78, 5) is 1.09. The Morgan fingerprint density at radius 1 is 1.39 bits per heavy atom. The summed E-state index contributed by atoms with van der Waals surface area (Å²) < 4.78 is 9.71. The summed E-state index contributed by atoms with van der Waals surface area (Å²) in [6.45, 7) is 2.83. The van der Waals surface area contributed by atoms with Crippen LogP contribution < -0.4 is 10.1 Å². The first-order valence-electron chi connectivity index (χ1n) is 6.03. The molecule has 2 aromatic rings. The van der Waals surface area contributed by atoms with Crippen LogP contribution in [0.1, 0.15) is 29.8 Å². The third kappa shape index (κ3) is 2.86. The van der Waals surface area contributed by atoms with Gasteiger partial charge in [0.1, 0.15) is 5.75 Å². The molecule has 1 unspecified atom stereocenters. The van der Waals surface area contributed by atoms with Crippen LogP contribution in [0.4, 0.5) is 0 Å². The van der Waals surface area contributed by atoms with Gasteiger partial charge in [0, 0.05) is 5.56 Å². The highest BCUT2D eigenvalue weighted by Crippen LogP contribution is 2.30. The largest absolute Gasteiger partial charge is 0.493 e. The first kappa shape index (κ1) is 13.0. The number of aromatic nitrogens is 2. The van der Waals surface area contributed by atoms with Gasteiger partial charge in [0.25, 0.3) is 0 Å². The van der Waals surface area contributed by atoms with Crippen molar-refractivity contribution < 1.29 is 4.74 Å². The summed E-state index contributed by atoms with van der Waals surface area (Å²) in [5, 5.41) is 7.18. The van der Waals surface area contributed by atoms with E-state index in [0.29, 0.717) is 0 Å². The third-order valence-electron chi connectivity index (χ3n) is 2.64. The Morgan fingerprint density at radius 2 is 2.22 bits per heavy atom. The molecule has 0 saturated heterocycles. The number of hydrogen-bond donors (Lipinski definition) is 1. The molecule has 1 aromatic carbocycles. The van der Waals surface area contributed by atoms with E-state index in [1.165, 1.54) is 11.5 Å². The van der Waals surface area contributed by atoms with Crippen LogP contribution in [0.2, 0.25) is 0 Å². The molecular weight excluding hydrogens is 246 g/mol. The molecule has 0 fully saturated rings. The predicted molar refractivity (Wildman–Crippen MR) is 73.0 cm³/mol. The first-order chi connectivity index (χ1) is 8.86. The third-order valence-corrected chi connectivity index (χ3v) is 3.37. The van der Waals surface area contributed by atoms with Gasteiger partial charge in [-0.25, -0.2) is 0 Å². The Balaban J connectivity index is 2.30. The highest BCUT2D eigenvalue weighted by atomic mass is 32.1. The zero-order chi connectivity index (χ0) is 12.8. The number of nitrogens with zero attached hydrogens (tertiary/aromatic N) is 2. The zero-order valence-corrected chi connectivity index (χ0v) is 11.4. The lowest BCUT2D eigenvalue weighted by Crippen LogP contribution is -2.17. The van der Waals surface area contributed by atoms with E-state index in [4.69, 9.17) is 4.74 Å². The van der Waals surface area contributed by atoms with E-state index in [0.717, 1.165) is 29.2 Å². The maximum Gasteiger partial charge on any atom is 0.124 e. The van der Waals surface area contributed by atoms with E-state index in [9.17, 15) is 0 Å². The molecule has 0 spiro atoms. The van der Waals surface area contributed by atoms with Crippen molar-refractivity contribution in [2.75, 3.05) is 13.7 Å². The average molecular weight is 263 g/mol. The van der Waals surface area contributed by atoms with Crippen molar-refractivity contribution in [2.45, 2.75) is 19.4 Å². The van der Waals surface area contributed by atoms with Gasteiger partial charge < -0.3 is 10.1 Å². The van der Waals surface area contributed by atoms with E-state index in [2.05, 4.69) is 27.9 Å². The van der Waals surface area contributed by atoms with E-state index in [1.54, 1.807) is 6.20 Å². The Morgan fingerprint density at radius 3 is 2.89 bits per heavy atom. The highest BCUT2D eigenvalue weighted by Gasteiger charge is 2.18. The molecule has 1 heterocycles. The molecule has 2 rings (SSSR count). The fourth-order valence-corrected chi connectivity index (χ4v) is 2.45. The van der Waals surface area contributed by atoms with Crippen LogP contribution in [-0.2, 0) is 0 Å². The molecule has 0 aliphatic rings.